The third kappa shape index (κ3) is 22.5. The fourth-order valence-electron chi connectivity index (χ4n) is 10.1. The predicted octanol–water partition coefficient (Wildman–Crippen LogP) is 2.96. The van der Waals surface area contributed by atoms with Gasteiger partial charge in [0.05, 0.1) is 6.04 Å². The molecule has 0 aliphatic rings. The lowest BCUT2D eigenvalue weighted by Gasteiger charge is -2.30. The van der Waals surface area contributed by atoms with Crippen LogP contribution in [0.2, 0.25) is 0 Å². The van der Waals surface area contributed by atoms with E-state index in [1.165, 1.54) is 0 Å². The van der Waals surface area contributed by atoms with Crippen molar-refractivity contribution >= 4 is 80.9 Å². The maximum atomic E-state index is 14.8. The van der Waals surface area contributed by atoms with Gasteiger partial charge in [0.15, 0.2) is 0 Å². The molecule has 2 aromatic carbocycles. The molecule has 4 aromatic rings. The van der Waals surface area contributed by atoms with Gasteiger partial charge in [-0.3, -0.25) is 43.2 Å². The van der Waals surface area contributed by atoms with E-state index >= 15 is 0 Å². The summed E-state index contributed by atoms with van der Waals surface area (Å²) in [6.45, 7) is 18.5. The second-order valence-corrected chi connectivity index (χ2v) is 24.5. The molecule has 2 heterocycles. The van der Waals surface area contributed by atoms with Crippen molar-refractivity contribution in [2.75, 3.05) is 6.54 Å². The molecule has 0 aliphatic carbocycles. The number of aromatic amines is 2. The number of benzene rings is 2. The van der Waals surface area contributed by atoms with E-state index in [-0.39, 0.29) is 81.5 Å². The number of nitrogens with one attached hydrogen (secondary N) is 10. The number of para-hydroxylation sites is 2. The van der Waals surface area contributed by atoms with Crippen LogP contribution in [0.25, 0.3) is 21.8 Å². The topological polar surface area (TPSA) is 397 Å². The number of aliphatic carboxylic acids is 1. The zero-order chi connectivity index (χ0) is 63.9. The summed E-state index contributed by atoms with van der Waals surface area (Å²) in [5, 5.41) is 33.5. The first-order valence-corrected chi connectivity index (χ1v) is 30.1. The number of nitrogens with two attached hydrogens (primary N) is 3. The molecule has 24 nitrogen and oxygen atoms in total. The van der Waals surface area contributed by atoms with E-state index in [0.29, 0.717) is 30.5 Å². The number of hydrogen-bond acceptors (Lipinski definition) is 12. The highest BCUT2D eigenvalue weighted by Crippen LogP contribution is 2.22. The molecule has 17 N–H and O–H groups in total. The largest absolute Gasteiger partial charge is 0.480 e. The van der Waals surface area contributed by atoms with Crippen LogP contribution in [-0.2, 0) is 60.8 Å². The van der Waals surface area contributed by atoms with E-state index in [1.807, 2.05) is 104 Å². The summed E-state index contributed by atoms with van der Waals surface area (Å²) in [5.41, 5.74) is 20.1. The van der Waals surface area contributed by atoms with E-state index < -0.39 is 119 Å². The van der Waals surface area contributed by atoms with Gasteiger partial charge < -0.3 is 74.8 Å². The minimum absolute atomic E-state index is 0.0577. The normalized spacial score (nSPS) is 14.8. The number of carboxylic acid groups (broad SMARTS) is 1. The number of carboxylic acids is 1. The number of carbonyl (C=O) groups excluding carboxylic acids is 9. The second kappa shape index (κ2) is 34.3. The van der Waals surface area contributed by atoms with Gasteiger partial charge in [-0.1, -0.05) is 112 Å². The fraction of sp³-hybridized carbons (Fsp3) is 0.581. The van der Waals surface area contributed by atoms with Crippen molar-refractivity contribution in [2.24, 2.45) is 46.8 Å². The lowest BCUT2D eigenvalue weighted by atomic mass is 9.97. The second-order valence-electron chi connectivity index (χ2n) is 24.5. The van der Waals surface area contributed by atoms with Gasteiger partial charge in [0.1, 0.15) is 48.3 Å². The van der Waals surface area contributed by atoms with Gasteiger partial charge >= 0.3 is 5.97 Å². The van der Waals surface area contributed by atoms with Crippen LogP contribution in [0.15, 0.2) is 60.9 Å². The average molecular weight is 1200 g/mol. The molecule has 24 heteroatoms. The van der Waals surface area contributed by atoms with Crippen molar-refractivity contribution in [3.05, 3.63) is 72.1 Å². The summed E-state index contributed by atoms with van der Waals surface area (Å²) in [4.78, 5) is 145. The molecule has 0 aliphatic heterocycles. The Balaban J connectivity index is 1.66. The van der Waals surface area contributed by atoms with Gasteiger partial charge in [-0.05, 0) is 104 Å². The number of aromatic nitrogens is 2. The zero-order valence-electron chi connectivity index (χ0n) is 51.6. The molecule has 0 saturated carbocycles. The molecule has 0 bridgehead atoms. The number of rotatable bonds is 37. The molecular weight excluding hydrogens is 1100 g/mol. The van der Waals surface area contributed by atoms with Crippen LogP contribution in [0.3, 0.4) is 0 Å². The van der Waals surface area contributed by atoms with Crippen molar-refractivity contribution in [1.82, 2.24) is 52.5 Å². The minimum Gasteiger partial charge on any atom is -0.480 e. The lowest BCUT2D eigenvalue weighted by molar-refractivity contribution is -0.143. The van der Waals surface area contributed by atoms with Crippen molar-refractivity contribution in [3.63, 3.8) is 0 Å². The minimum atomic E-state index is -1.37. The highest BCUT2D eigenvalue weighted by atomic mass is 16.4. The number of primary amides is 1. The summed E-state index contributed by atoms with van der Waals surface area (Å²) in [6, 6.07) is 3.44. The quantitative estimate of drug-likeness (QED) is 0.0289. The number of amides is 9. The van der Waals surface area contributed by atoms with E-state index in [2.05, 4.69) is 52.5 Å². The van der Waals surface area contributed by atoms with Crippen molar-refractivity contribution in [2.45, 2.75) is 194 Å². The van der Waals surface area contributed by atoms with Gasteiger partial charge in [0, 0.05) is 53.5 Å². The van der Waals surface area contributed by atoms with Crippen molar-refractivity contribution in [3.8, 4) is 0 Å². The van der Waals surface area contributed by atoms with E-state index in [0.717, 1.165) is 21.8 Å². The summed E-state index contributed by atoms with van der Waals surface area (Å²) in [6.07, 6.45) is 4.68. The van der Waals surface area contributed by atoms with E-state index in [1.54, 1.807) is 26.2 Å². The SMILES string of the molecule is CC(C)C[C@H](NC(=O)[C@H](CC(C)C)NC(=O)[C@H](CC(C)C)NC(=O)[C@H](Cc1c[nH]c2ccccc12)NC(=O)[C@@H](NC(=O)[C@H](CC(C)C)NC(=O)[C@H](Cc1c[nH]c2ccccc12)NC(=O)[C@H](CCC(N)=O)NC(=O)[C@@H](N)CCCCN)C(C)C)C(=O)O. The maximum Gasteiger partial charge on any atom is 0.326 e. The first-order valence-electron chi connectivity index (χ1n) is 30.1. The van der Waals surface area contributed by atoms with Gasteiger partial charge in [-0.2, -0.15) is 0 Å². The molecule has 0 radical (unpaired) electrons. The van der Waals surface area contributed by atoms with E-state index in [4.69, 9.17) is 17.2 Å². The Kier molecular flexibility index (Phi) is 28.2. The van der Waals surface area contributed by atoms with Gasteiger partial charge in [0.2, 0.25) is 53.2 Å². The number of H-pyrrole nitrogens is 2. The van der Waals surface area contributed by atoms with Crippen LogP contribution in [-0.4, -0.2) is 135 Å². The van der Waals surface area contributed by atoms with Gasteiger partial charge in [-0.25, -0.2) is 4.79 Å². The zero-order valence-corrected chi connectivity index (χ0v) is 51.6. The van der Waals surface area contributed by atoms with Gasteiger partial charge in [-0.15, -0.1) is 0 Å². The summed E-state index contributed by atoms with van der Waals surface area (Å²) in [7, 11) is 0. The molecule has 0 unspecified atom stereocenters. The van der Waals surface area contributed by atoms with Crippen LogP contribution in [0.4, 0.5) is 0 Å². The van der Waals surface area contributed by atoms with Crippen molar-refractivity contribution in [1.29, 1.82) is 0 Å². The lowest BCUT2D eigenvalue weighted by Crippen LogP contribution is -2.61. The van der Waals surface area contributed by atoms with Crippen LogP contribution >= 0.6 is 0 Å². The number of carbonyl (C=O) groups is 10. The standard InChI is InChI=1S/C62H95N13O11/c1-33(2)25-46(56(79)69-47(26-34(3)4)57(80)74-51(62(85)86)28-36(7)8)70-59(82)50(30-39-32-67-44-21-14-12-18-41(39)44)73-61(84)53(37(9)10)75-60(83)48(27-35(5)6)71-58(81)49(29-38-31-66-43-20-13-11-17-40(38)43)72-55(78)45(22-23-52(65)76)68-54(77)42(64)19-15-16-24-63/h11-14,17-18,20-21,31-37,42,45-51,53,66-67H,15-16,19,22-30,63-64H2,1-10H3,(H2,65,76)(H,68,77)(H,69,79)(H,70,82)(H,71,81)(H,72,78)(H,73,84)(H,74,80)(H,75,83)(H,85,86)/t42-,45-,46-,47-,48-,49-,50-,51-,53-/m0/s1. The molecule has 9 atom stereocenters. The molecule has 0 saturated heterocycles. The number of unbranched alkanes of at least 4 members (excludes halogenated alkanes) is 1. The molecule has 0 spiro atoms. The van der Waals surface area contributed by atoms with Crippen molar-refractivity contribution < 1.29 is 53.1 Å². The van der Waals surface area contributed by atoms with Crippen LogP contribution in [0.1, 0.15) is 138 Å². The summed E-state index contributed by atoms with van der Waals surface area (Å²) in [5.74, 6) is -8.98. The van der Waals surface area contributed by atoms with Crippen LogP contribution < -0.4 is 59.7 Å². The van der Waals surface area contributed by atoms with Gasteiger partial charge in [0.25, 0.3) is 0 Å². The Hall–Kier alpha value is -7.86. The maximum absolute atomic E-state index is 14.8. The van der Waals surface area contributed by atoms with E-state index in [9.17, 15) is 53.1 Å². The Morgan fingerprint density at radius 2 is 0.814 bits per heavy atom. The molecule has 86 heavy (non-hydrogen) atoms. The number of hydrogen-bond donors (Lipinski definition) is 14. The first-order chi connectivity index (χ1) is 40.6. The first kappa shape index (κ1) is 70.6. The Morgan fingerprint density at radius 3 is 1.22 bits per heavy atom. The average Bonchev–Trinajstić information content (AvgIpc) is 3.83. The molecule has 0 fully saturated rings. The van der Waals surface area contributed by atoms with Crippen LogP contribution in [0, 0.1) is 29.6 Å². The summed E-state index contributed by atoms with van der Waals surface area (Å²) < 4.78 is 0. The molecule has 9 amide bonds. The Bertz CT molecular complexity index is 2930. The highest BCUT2D eigenvalue weighted by Gasteiger charge is 2.37. The molecule has 4 rings (SSSR count). The third-order valence-corrected chi connectivity index (χ3v) is 14.7. The monoisotopic (exact) mass is 1200 g/mol. The number of fused-ring (bicyclic) bond motifs is 2. The van der Waals surface area contributed by atoms with Crippen LogP contribution in [0.5, 0.6) is 0 Å². The molecule has 474 valence electrons. The third-order valence-electron chi connectivity index (χ3n) is 14.7. The Morgan fingerprint density at radius 1 is 0.453 bits per heavy atom. The highest BCUT2D eigenvalue weighted by molar-refractivity contribution is 5.99. The molecule has 2 aromatic heterocycles. The Labute approximate surface area is 504 Å². The molecular formula is C62H95N13O11. The smallest absolute Gasteiger partial charge is 0.326 e. The fourth-order valence-corrected chi connectivity index (χ4v) is 10.1. The predicted molar refractivity (Wildman–Crippen MR) is 329 cm³/mol. The summed E-state index contributed by atoms with van der Waals surface area (Å²) >= 11 is 0.